The summed E-state index contributed by atoms with van der Waals surface area (Å²) in [4.78, 5) is 0. The molecule has 5 rings (SSSR count). The summed E-state index contributed by atoms with van der Waals surface area (Å²) >= 11 is 0. The summed E-state index contributed by atoms with van der Waals surface area (Å²) < 4.78 is 0. The van der Waals surface area contributed by atoms with Gasteiger partial charge in [0.25, 0.3) is 0 Å². The Morgan fingerprint density at radius 2 is 1.10 bits per heavy atom. The predicted molar refractivity (Wildman–Crippen MR) is 128 cm³/mol. The van der Waals surface area contributed by atoms with Gasteiger partial charge in [-0.1, -0.05) is 48.5 Å². The predicted octanol–water partition coefficient (Wildman–Crippen LogP) is 6.10. The quantitative estimate of drug-likeness (QED) is 0.309. The molecule has 0 aliphatic heterocycles. The van der Waals surface area contributed by atoms with Crippen LogP contribution in [-0.2, 0) is 12.8 Å². The van der Waals surface area contributed by atoms with Crippen LogP contribution < -0.4 is 22.1 Å². The van der Waals surface area contributed by atoms with Crippen molar-refractivity contribution in [3.05, 3.63) is 96.1 Å². The Bertz CT molecular complexity index is 1180. The summed E-state index contributed by atoms with van der Waals surface area (Å²) in [6, 6.07) is 28.4. The second kappa shape index (κ2) is 7.48. The van der Waals surface area contributed by atoms with Crippen molar-refractivity contribution in [3.63, 3.8) is 0 Å². The van der Waals surface area contributed by atoms with Gasteiger partial charge in [-0.15, -0.1) is 0 Å². The van der Waals surface area contributed by atoms with Gasteiger partial charge in [0.1, 0.15) is 0 Å². The maximum atomic E-state index is 6.69. The van der Waals surface area contributed by atoms with Gasteiger partial charge in [0, 0.05) is 22.6 Å². The van der Waals surface area contributed by atoms with Crippen LogP contribution in [0.2, 0.25) is 0 Å². The van der Waals surface area contributed by atoms with Crippen molar-refractivity contribution < 1.29 is 0 Å². The standard InChI is InChI=1S/C26H24N4/c27-18-13-11-17(12-14-18)23-21-15-16-22(21)24(28)26(30-20-9-5-2-6-10-20)25(23)29-19-7-3-1-4-8-19/h1-14,29-30H,15-16,27-28H2. The van der Waals surface area contributed by atoms with Gasteiger partial charge in [-0.25, -0.2) is 0 Å². The van der Waals surface area contributed by atoms with Gasteiger partial charge in [0.2, 0.25) is 0 Å². The van der Waals surface area contributed by atoms with Crippen molar-refractivity contribution in [3.8, 4) is 11.1 Å². The maximum Gasteiger partial charge on any atom is 0.0866 e. The average molecular weight is 393 g/mol. The van der Waals surface area contributed by atoms with Crippen LogP contribution in [-0.4, -0.2) is 0 Å². The molecule has 0 amide bonds. The molecule has 4 heteroatoms. The largest absolute Gasteiger partial charge is 0.399 e. The zero-order chi connectivity index (χ0) is 20.5. The Hall–Kier alpha value is -3.92. The van der Waals surface area contributed by atoms with E-state index in [1.807, 2.05) is 60.7 Å². The molecule has 0 radical (unpaired) electrons. The zero-order valence-corrected chi connectivity index (χ0v) is 16.7. The van der Waals surface area contributed by atoms with Crippen LogP contribution >= 0.6 is 0 Å². The molecule has 0 saturated carbocycles. The van der Waals surface area contributed by atoms with Crippen LogP contribution in [0, 0.1) is 0 Å². The van der Waals surface area contributed by atoms with Crippen LogP contribution in [0.15, 0.2) is 84.9 Å². The summed E-state index contributed by atoms with van der Waals surface area (Å²) in [7, 11) is 0. The minimum atomic E-state index is 0.758. The Balaban J connectivity index is 1.73. The van der Waals surface area contributed by atoms with Crippen LogP contribution in [0.4, 0.5) is 34.1 Å². The van der Waals surface area contributed by atoms with Crippen LogP contribution in [0.25, 0.3) is 11.1 Å². The lowest BCUT2D eigenvalue weighted by molar-refractivity contribution is 0.847. The number of hydrogen-bond acceptors (Lipinski definition) is 4. The Kier molecular flexibility index (Phi) is 4.52. The van der Waals surface area contributed by atoms with E-state index < -0.39 is 0 Å². The number of nitrogens with two attached hydrogens (primary N) is 2. The highest BCUT2D eigenvalue weighted by molar-refractivity contribution is 6.01. The minimum Gasteiger partial charge on any atom is -0.399 e. The minimum absolute atomic E-state index is 0.758. The molecule has 1 aliphatic carbocycles. The lowest BCUT2D eigenvalue weighted by atomic mass is 9.79. The van der Waals surface area contributed by atoms with E-state index in [9.17, 15) is 0 Å². The van der Waals surface area contributed by atoms with Gasteiger partial charge in [-0.05, 0) is 65.9 Å². The third kappa shape index (κ3) is 3.22. The van der Waals surface area contributed by atoms with E-state index in [1.54, 1.807) is 0 Å². The van der Waals surface area contributed by atoms with Gasteiger partial charge >= 0.3 is 0 Å². The molecule has 148 valence electrons. The molecule has 0 fully saturated rings. The van der Waals surface area contributed by atoms with Gasteiger partial charge in [0.15, 0.2) is 0 Å². The smallest absolute Gasteiger partial charge is 0.0866 e. The second-order valence-electron chi connectivity index (χ2n) is 7.60. The van der Waals surface area contributed by atoms with Gasteiger partial charge < -0.3 is 22.1 Å². The Morgan fingerprint density at radius 1 is 0.567 bits per heavy atom. The molecule has 6 N–H and O–H groups in total. The second-order valence-corrected chi connectivity index (χ2v) is 7.60. The number of para-hydroxylation sites is 2. The van der Waals surface area contributed by atoms with Crippen molar-refractivity contribution in [2.24, 2.45) is 0 Å². The van der Waals surface area contributed by atoms with Crippen molar-refractivity contribution in [2.45, 2.75) is 12.8 Å². The van der Waals surface area contributed by atoms with Crippen molar-refractivity contribution >= 4 is 34.1 Å². The monoisotopic (exact) mass is 392 g/mol. The normalized spacial score (nSPS) is 12.0. The first-order valence-electron chi connectivity index (χ1n) is 10.2. The number of rotatable bonds is 5. The molecular formula is C26H24N4. The van der Waals surface area contributed by atoms with Gasteiger partial charge in [-0.3, -0.25) is 0 Å². The molecule has 0 heterocycles. The molecular weight excluding hydrogens is 368 g/mol. The van der Waals surface area contributed by atoms with E-state index in [-0.39, 0.29) is 0 Å². The van der Waals surface area contributed by atoms with Crippen molar-refractivity contribution in [1.82, 2.24) is 0 Å². The molecule has 0 aromatic heterocycles. The number of nitrogens with one attached hydrogen (secondary N) is 2. The average Bonchev–Trinajstić information content (AvgIpc) is 2.75. The fourth-order valence-corrected chi connectivity index (χ4v) is 4.06. The topological polar surface area (TPSA) is 76.1 Å². The molecule has 0 bridgehead atoms. The number of benzene rings is 4. The van der Waals surface area contributed by atoms with Crippen molar-refractivity contribution in [1.29, 1.82) is 0 Å². The van der Waals surface area contributed by atoms with Crippen LogP contribution in [0.1, 0.15) is 11.1 Å². The number of nitrogen functional groups attached to an aromatic ring is 2. The maximum absolute atomic E-state index is 6.69. The van der Waals surface area contributed by atoms with E-state index in [0.29, 0.717) is 0 Å². The van der Waals surface area contributed by atoms with Gasteiger partial charge in [-0.2, -0.15) is 0 Å². The van der Waals surface area contributed by atoms with Crippen LogP contribution in [0.3, 0.4) is 0 Å². The molecule has 4 aromatic carbocycles. The van der Waals surface area contributed by atoms with Crippen LogP contribution in [0.5, 0.6) is 0 Å². The van der Waals surface area contributed by atoms with E-state index >= 15 is 0 Å². The molecule has 0 spiro atoms. The molecule has 30 heavy (non-hydrogen) atoms. The zero-order valence-electron chi connectivity index (χ0n) is 16.7. The lowest BCUT2D eigenvalue weighted by Gasteiger charge is -2.31. The lowest BCUT2D eigenvalue weighted by Crippen LogP contribution is -2.17. The Morgan fingerprint density at radius 3 is 1.63 bits per heavy atom. The third-order valence-corrected chi connectivity index (χ3v) is 5.67. The van der Waals surface area contributed by atoms with Crippen molar-refractivity contribution in [2.75, 3.05) is 22.1 Å². The highest BCUT2D eigenvalue weighted by Gasteiger charge is 2.28. The van der Waals surface area contributed by atoms with E-state index in [2.05, 4.69) is 34.9 Å². The first kappa shape index (κ1) is 18.1. The number of anilines is 6. The summed E-state index contributed by atoms with van der Waals surface area (Å²) in [6.45, 7) is 0. The first-order chi connectivity index (χ1) is 14.7. The fourth-order valence-electron chi connectivity index (χ4n) is 4.06. The fraction of sp³-hybridized carbons (Fsp3) is 0.0769. The molecule has 0 atom stereocenters. The van der Waals surface area contributed by atoms with E-state index in [0.717, 1.165) is 52.5 Å². The third-order valence-electron chi connectivity index (χ3n) is 5.67. The highest BCUT2D eigenvalue weighted by Crippen LogP contribution is 2.50. The summed E-state index contributed by atoms with van der Waals surface area (Å²) in [6.07, 6.45) is 2.02. The van der Waals surface area contributed by atoms with E-state index in [1.165, 1.54) is 16.7 Å². The molecule has 4 aromatic rings. The van der Waals surface area contributed by atoms with E-state index in [4.69, 9.17) is 11.5 Å². The molecule has 0 saturated heterocycles. The molecule has 1 aliphatic rings. The SMILES string of the molecule is Nc1ccc(-c2c3c(c(N)c(Nc4ccccc4)c2Nc2ccccc2)CC3)cc1. The molecule has 0 unspecified atom stereocenters. The summed E-state index contributed by atoms with van der Waals surface area (Å²) in [5.74, 6) is 0. The Labute approximate surface area is 176 Å². The summed E-state index contributed by atoms with van der Waals surface area (Å²) in [5, 5.41) is 7.22. The number of hydrogen-bond donors (Lipinski definition) is 4. The van der Waals surface area contributed by atoms with Gasteiger partial charge in [0.05, 0.1) is 17.1 Å². The highest BCUT2D eigenvalue weighted by atomic mass is 15.0. The molecule has 4 nitrogen and oxygen atoms in total. The number of fused-ring (bicyclic) bond motifs is 1. The summed E-state index contributed by atoms with van der Waals surface area (Å²) in [5.41, 5.74) is 23.0. The first-order valence-corrected chi connectivity index (χ1v) is 10.2.